The molecule has 1 atom stereocenters. The molecule has 2 aromatic carbocycles. The van der Waals surface area contributed by atoms with Crippen molar-refractivity contribution < 1.29 is 19.2 Å². The first-order valence-corrected chi connectivity index (χ1v) is 11.3. The third-order valence-corrected chi connectivity index (χ3v) is 6.41. The van der Waals surface area contributed by atoms with Crippen LogP contribution in [0.4, 0.5) is 5.69 Å². The summed E-state index contributed by atoms with van der Waals surface area (Å²) in [6.45, 7) is 5.26. The van der Waals surface area contributed by atoms with Crippen molar-refractivity contribution in [1.82, 2.24) is 4.57 Å². The quantitative estimate of drug-likeness (QED) is 0.217. The number of hydrogen-bond acceptors (Lipinski definition) is 8. The van der Waals surface area contributed by atoms with Crippen LogP contribution < -0.4 is 19.6 Å². The largest absolute Gasteiger partial charge is 0.497 e. The van der Waals surface area contributed by atoms with E-state index in [1.165, 1.54) is 22.8 Å². The molecule has 0 saturated carbocycles. The Morgan fingerprint density at radius 3 is 2.63 bits per heavy atom. The van der Waals surface area contributed by atoms with E-state index in [-0.39, 0.29) is 22.4 Å². The summed E-state index contributed by atoms with van der Waals surface area (Å²) in [4.78, 5) is 42.4. The molecule has 4 rings (SSSR count). The normalized spacial score (nSPS) is 15.3. The predicted molar refractivity (Wildman–Crippen MR) is 131 cm³/mol. The summed E-state index contributed by atoms with van der Waals surface area (Å²) >= 11 is 1.10. The Bertz CT molecular complexity index is 1530. The molecule has 0 bridgehead atoms. The van der Waals surface area contributed by atoms with Gasteiger partial charge in [0.15, 0.2) is 4.80 Å². The van der Waals surface area contributed by atoms with Crippen LogP contribution in [0.15, 0.2) is 82.2 Å². The minimum absolute atomic E-state index is 0.00699. The number of ether oxygens (including phenoxy) is 2. The van der Waals surface area contributed by atoms with Crippen LogP contribution in [0.3, 0.4) is 0 Å². The summed E-state index contributed by atoms with van der Waals surface area (Å²) < 4.78 is 12.2. The van der Waals surface area contributed by atoms with Gasteiger partial charge in [-0.15, -0.1) is 0 Å². The highest BCUT2D eigenvalue weighted by molar-refractivity contribution is 7.07. The lowest BCUT2D eigenvalue weighted by molar-refractivity contribution is -0.385. The number of hydrogen-bond donors (Lipinski definition) is 0. The number of carbonyl (C=O) groups excluding carboxylic acids is 1. The molecule has 35 heavy (non-hydrogen) atoms. The van der Waals surface area contributed by atoms with Crippen LogP contribution in [0.5, 0.6) is 5.75 Å². The van der Waals surface area contributed by atoms with E-state index in [4.69, 9.17) is 9.47 Å². The molecule has 1 aromatic heterocycles. The molecule has 10 heteroatoms. The summed E-state index contributed by atoms with van der Waals surface area (Å²) in [6.07, 6.45) is 2.93. The van der Waals surface area contributed by atoms with Gasteiger partial charge in [0.1, 0.15) is 12.4 Å². The van der Waals surface area contributed by atoms with E-state index in [0.29, 0.717) is 27.4 Å². The predicted octanol–water partition coefficient (Wildman–Crippen LogP) is 2.88. The van der Waals surface area contributed by atoms with Crippen molar-refractivity contribution in [2.75, 3.05) is 13.7 Å². The second-order valence-corrected chi connectivity index (χ2v) is 8.57. The number of carbonyl (C=O) groups is 1. The highest BCUT2D eigenvalue weighted by Gasteiger charge is 2.33. The molecule has 2 heterocycles. The molecule has 9 nitrogen and oxygen atoms in total. The number of methoxy groups -OCH3 is 1. The third kappa shape index (κ3) is 4.56. The Morgan fingerprint density at radius 1 is 1.26 bits per heavy atom. The SMILES string of the molecule is C=CCOC(=O)C1=C(C)N=c2s/c(=C/c3ccccc3[N+](=O)[O-])c(=O)n2[C@H]1c1ccc(OC)cc1. The molecule has 0 radical (unpaired) electrons. The fraction of sp³-hybridized carbons (Fsp3) is 0.160. The van der Waals surface area contributed by atoms with Crippen LogP contribution in [0.2, 0.25) is 0 Å². The lowest BCUT2D eigenvalue weighted by Crippen LogP contribution is -2.39. The van der Waals surface area contributed by atoms with E-state index in [1.807, 2.05) is 0 Å². The van der Waals surface area contributed by atoms with Gasteiger partial charge in [-0.25, -0.2) is 9.79 Å². The van der Waals surface area contributed by atoms with Crippen molar-refractivity contribution in [3.63, 3.8) is 0 Å². The molecule has 0 saturated heterocycles. The number of allylic oxidation sites excluding steroid dienone is 1. The van der Waals surface area contributed by atoms with E-state index in [0.717, 1.165) is 11.3 Å². The zero-order valence-electron chi connectivity index (χ0n) is 19.0. The highest BCUT2D eigenvalue weighted by Crippen LogP contribution is 2.31. The number of nitro groups is 1. The average molecular weight is 492 g/mol. The Morgan fingerprint density at radius 2 is 1.97 bits per heavy atom. The second kappa shape index (κ2) is 9.90. The maximum absolute atomic E-state index is 13.6. The van der Waals surface area contributed by atoms with Gasteiger partial charge in [-0.1, -0.05) is 48.3 Å². The second-order valence-electron chi connectivity index (χ2n) is 7.56. The van der Waals surface area contributed by atoms with Gasteiger partial charge in [0.05, 0.1) is 39.4 Å². The minimum Gasteiger partial charge on any atom is -0.497 e. The standard InChI is InChI=1S/C25H21N3O6S/c1-4-13-34-24(30)21-15(2)26-25-27(22(21)16-9-11-18(33-3)12-10-16)23(29)20(35-25)14-17-7-5-6-8-19(17)28(31)32/h4-12,14,22H,1,13H2,2-3H3/b20-14+/t22-/m0/s1. The van der Waals surface area contributed by atoms with E-state index in [2.05, 4.69) is 11.6 Å². The molecule has 0 N–H and O–H groups in total. The van der Waals surface area contributed by atoms with E-state index in [9.17, 15) is 19.7 Å². The highest BCUT2D eigenvalue weighted by atomic mass is 32.1. The molecule has 0 aliphatic carbocycles. The van der Waals surface area contributed by atoms with Crippen LogP contribution in [-0.4, -0.2) is 29.2 Å². The van der Waals surface area contributed by atoms with Crippen LogP contribution in [-0.2, 0) is 9.53 Å². The van der Waals surface area contributed by atoms with Gasteiger partial charge in [0.2, 0.25) is 0 Å². The summed E-state index contributed by atoms with van der Waals surface area (Å²) in [5.74, 6) is 0.00831. The van der Waals surface area contributed by atoms with Crippen LogP contribution >= 0.6 is 11.3 Å². The number of aromatic nitrogens is 1. The number of para-hydroxylation sites is 1. The van der Waals surface area contributed by atoms with Gasteiger partial charge in [-0.3, -0.25) is 19.5 Å². The summed E-state index contributed by atoms with van der Waals surface area (Å²) in [7, 11) is 1.54. The fourth-order valence-electron chi connectivity index (χ4n) is 3.81. The number of esters is 1. The Hall–Kier alpha value is -4.31. The molecule has 1 aliphatic rings. The van der Waals surface area contributed by atoms with Crippen molar-refractivity contribution in [2.45, 2.75) is 13.0 Å². The Balaban J connectivity index is 1.95. The first-order chi connectivity index (χ1) is 16.8. The summed E-state index contributed by atoms with van der Waals surface area (Å²) in [5, 5.41) is 11.4. The number of benzene rings is 2. The zero-order valence-corrected chi connectivity index (χ0v) is 19.8. The van der Waals surface area contributed by atoms with Gasteiger partial charge in [0, 0.05) is 6.07 Å². The maximum Gasteiger partial charge on any atom is 0.338 e. The molecule has 0 spiro atoms. The number of nitro benzene ring substituents is 1. The van der Waals surface area contributed by atoms with Gasteiger partial charge < -0.3 is 9.47 Å². The molecule has 0 unspecified atom stereocenters. The molecule has 0 amide bonds. The van der Waals surface area contributed by atoms with Crippen molar-refractivity contribution in [2.24, 2.45) is 4.99 Å². The number of thiazole rings is 1. The van der Waals surface area contributed by atoms with Crippen LogP contribution in [0, 0.1) is 10.1 Å². The van der Waals surface area contributed by atoms with E-state index in [1.54, 1.807) is 56.5 Å². The third-order valence-electron chi connectivity index (χ3n) is 5.43. The number of fused-ring (bicyclic) bond motifs is 1. The number of nitrogens with zero attached hydrogens (tertiary/aromatic N) is 3. The monoisotopic (exact) mass is 491 g/mol. The Kier molecular flexibility index (Phi) is 6.74. The molecule has 3 aromatic rings. The molecule has 1 aliphatic heterocycles. The number of rotatable bonds is 7. The lowest BCUT2D eigenvalue weighted by Gasteiger charge is -2.24. The van der Waals surface area contributed by atoms with E-state index >= 15 is 0 Å². The van der Waals surface area contributed by atoms with Gasteiger partial charge in [0.25, 0.3) is 11.2 Å². The Labute approximate surface area is 203 Å². The lowest BCUT2D eigenvalue weighted by atomic mass is 9.96. The van der Waals surface area contributed by atoms with Crippen molar-refractivity contribution >= 4 is 29.1 Å². The van der Waals surface area contributed by atoms with Crippen molar-refractivity contribution in [3.8, 4) is 5.75 Å². The first-order valence-electron chi connectivity index (χ1n) is 10.5. The van der Waals surface area contributed by atoms with Gasteiger partial charge >= 0.3 is 5.97 Å². The summed E-state index contributed by atoms with van der Waals surface area (Å²) in [6, 6.07) is 12.4. The molecular weight excluding hydrogens is 470 g/mol. The smallest absolute Gasteiger partial charge is 0.338 e. The van der Waals surface area contributed by atoms with Crippen LogP contribution in [0.25, 0.3) is 6.08 Å². The average Bonchev–Trinajstić information content (AvgIpc) is 3.16. The minimum atomic E-state index is -0.803. The molecule has 0 fully saturated rings. The first kappa shape index (κ1) is 23.8. The van der Waals surface area contributed by atoms with E-state index < -0.39 is 22.5 Å². The summed E-state index contributed by atoms with van der Waals surface area (Å²) in [5.41, 5.74) is 1.05. The maximum atomic E-state index is 13.6. The fourth-order valence-corrected chi connectivity index (χ4v) is 4.85. The van der Waals surface area contributed by atoms with Gasteiger partial charge in [-0.2, -0.15) is 0 Å². The van der Waals surface area contributed by atoms with Crippen LogP contribution in [0.1, 0.15) is 24.1 Å². The zero-order chi connectivity index (χ0) is 25.1. The molecule has 178 valence electrons. The van der Waals surface area contributed by atoms with Crippen molar-refractivity contribution in [3.05, 3.63) is 113 Å². The molecular formula is C25H21N3O6S. The van der Waals surface area contributed by atoms with Crippen molar-refractivity contribution in [1.29, 1.82) is 0 Å². The topological polar surface area (TPSA) is 113 Å². The van der Waals surface area contributed by atoms with Gasteiger partial charge in [-0.05, 0) is 36.8 Å².